The molecule has 0 aromatic heterocycles. The highest BCUT2D eigenvalue weighted by molar-refractivity contribution is 5.78. The summed E-state index contributed by atoms with van der Waals surface area (Å²) in [6.07, 6.45) is 4.25. The van der Waals surface area contributed by atoms with Gasteiger partial charge in [-0.3, -0.25) is 14.6 Å². The lowest BCUT2D eigenvalue weighted by molar-refractivity contribution is -0.170. The van der Waals surface area contributed by atoms with E-state index >= 15 is 0 Å². The van der Waals surface area contributed by atoms with Crippen LogP contribution < -0.4 is 0 Å². The highest BCUT2D eigenvalue weighted by Crippen LogP contribution is 2.48. The molecule has 3 atom stereocenters. The molecule has 30 heavy (non-hydrogen) atoms. The number of benzene rings is 1. The van der Waals surface area contributed by atoms with Gasteiger partial charge in [0.1, 0.15) is 0 Å². The standard InChI is InChI=1S/C25H38N2O3/c1-4-30-24(28)25-9-7-23(27-11-13-29-14-12-27)16-22(25)8-10-26(18-25)17-21-6-5-19(2)20(3)15-21/h5-6,15,22-23H,4,7-14,16-18H2,1-3H3/t22-,23-,25-/m1/s1. The molecule has 5 heteroatoms. The van der Waals surface area contributed by atoms with Crippen molar-refractivity contribution in [3.8, 4) is 0 Å². The van der Waals surface area contributed by atoms with Crippen molar-refractivity contribution in [3.63, 3.8) is 0 Å². The van der Waals surface area contributed by atoms with E-state index in [1.165, 1.54) is 16.7 Å². The Morgan fingerprint density at radius 2 is 1.97 bits per heavy atom. The van der Waals surface area contributed by atoms with Crippen molar-refractivity contribution in [2.24, 2.45) is 11.3 Å². The van der Waals surface area contributed by atoms with E-state index in [2.05, 4.69) is 41.8 Å². The van der Waals surface area contributed by atoms with Crippen molar-refractivity contribution in [1.29, 1.82) is 0 Å². The minimum atomic E-state index is -0.337. The first-order valence-corrected chi connectivity index (χ1v) is 11.8. The van der Waals surface area contributed by atoms with Gasteiger partial charge in [-0.2, -0.15) is 0 Å². The third-order valence-electron chi connectivity index (χ3n) is 7.78. The molecule has 166 valence electrons. The molecule has 2 saturated heterocycles. The monoisotopic (exact) mass is 414 g/mol. The highest BCUT2D eigenvalue weighted by Gasteiger charge is 2.53. The van der Waals surface area contributed by atoms with Gasteiger partial charge in [0.2, 0.25) is 0 Å². The van der Waals surface area contributed by atoms with E-state index in [1.54, 1.807) is 0 Å². The normalized spacial score (nSPS) is 30.6. The molecule has 3 fully saturated rings. The Balaban J connectivity index is 1.49. The number of nitrogens with zero attached hydrogens (tertiary/aromatic N) is 2. The van der Waals surface area contributed by atoms with Gasteiger partial charge in [-0.15, -0.1) is 0 Å². The molecule has 1 aromatic rings. The number of hydrogen-bond acceptors (Lipinski definition) is 5. The summed E-state index contributed by atoms with van der Waals surface area (Å²) in [6.45, 7) is 13.3. The summed E-state index contributed by atoms with van der Waals surface area (Å²) in [5.41, 5.74) is 3.68. The number of morpholine rings is 1. The number of piperidine rings is 1. The van der Waals surface area contributed by atoms with Gasteiger partial charge in [-0.05, 0) is 75.6 Å². The summed E-state index contributed by atoms with van der Waals surface area (Å²) < 4.78 is 11.2. The summed E-state index contributed by atoms with van der Waals surface area (Å²) in [7, 11) is 0. The van der Waals surface area contributed by atoms with Crippen LogP contribution in [0.3, 0.4) is 0 Å². The zero-order chi connectivity index (χ0) is 21.1. The van der Waals surface area contributed by atoms with Crippen molar-refractivity contribution in [1.82, 2.24) is 9.80 Å². The van der Waals surface area contributed by atoms with Gasteiger partial charge >= 0.3 is 5.97 Å². The average molecular weight is 415 g/mol. The van der Waals surface area contributed by atoms with Crippen LogP contribution in [-0.4, -0.2) is 67.8 Å². The molecule has 0 spiro atoms. The zero-order valence-electron chi connectivity index (χ0n) is 19.0. The predicted octanol–water partition coefficient (Wildman–Crippen LogP) is 3.56. The number of carbonyl (C=O) groups excluding carboxylic acids is 1. The second-order valence-electron chi connectivity index (χ2n) is 9.57. The third kappa shape index (κ3) is 4.44. The molecule has 1 saturated carbocycles. The second-order valence-corrected chi connectivity index (χ2v) is 9.57. The van der Waals surface area contributed by atoms with E-state index < -0.39 is 0 Å². The number of esters is 1. The van der Waals surface area contributed by atoms with Crippen molar-refractivity contribution >= 4 is 5.97 Å². The van der Waals surface area contributed by atoms with E-state index in [0.29, 0.717) is 18.6 Å². The maximum atomic E-state index is 13.3. The third-order valence-corrected chi connectivity index (χ3v) is 7.78. The van der Waals surface area contributed by atoms with Crippen LogP contribution in [0.1, 0.15) is 49.3 Å². The molecule has 0 amide bonds. The van der Waals surface area contributed by atoms with E-state index in [1.807, 2.05) is 6.92 Å². The molecule has 4 rings (SSSR count). The van der Waals surface area contributed by atoms with E-state index in [-0.39, 0.29) is 11.4 Å². The lowest BCUT2D eigenvalue weighted by Gasteiger charge is -2.52. The van der Waals surface area contributed by atoms with Gasteiger partial charge in [-0.25, -0.2) is 0 Å². The molecule has 1 aliphatic carbocycles. The van der Waals surface area contributed by atoms with Gasteiger partial charge in [0, 0.05) is 32.2 Å². The molecule has 2 aliphatic heterocycles. The molecular formula is C25H38N2O3. The van der Waals surface area contributed by atoms with Gasteiger partial charge in [0.05, 0.1) is 25.2 Å². The zero-order valence-corrected chi connectivity index (χ0v) is 19.0. The summed E-state index contributed by atoms with van der Waals surface area (Å²) in [4.78, 5) is 18.3. The number of likely N-dealkylation sites (tertiary alicyclic amines) is 1. The molecule has 0 unspecified atom stereocenters. The van der Waals surface area contributed by atoms with Gasteiger partial charge < -0.3 is 9.47 Å². The Morgan fingerprint density at radius 1 is 1.17 bits per heavy atom. The maximum absolute atomic E-state index is 13.3. The highest BCUT2D eigenvalue weighted by atomic mass is 16.5. The van der Waals surface area contributed by atoms with E-state index in [4.69, 9.17) is 9.47 Å². The molecule has 5 nitrogen and oxygen atoms in total. The molecular weight excluding hydrogens is 376 g/mol. The fourth-order valence-corrected chi connectivity index (χ4v) is 5.90. The minimum absolute atomic E-state index is 0.0419. The van der Waals surface area contributed by atoms with E-state index in [0.717, 1.165) is 71.6 Å². The Bertz CT molecular complexity index is 746. The summed E-state index contributed by atoms with van der Waals surface area (Å²) >= 11 is 0. The molecule has 0 radical (unpaired) electrons. The van der Waals surface area contributed by atoms with Crippen LogP contribution in [0.15, 0.2) is 18.2 Å². The average Bonchev–Trinajstić information content (AvgIpc) is 2.76. The van der Waals surface area contributed by atoms with Gasteiger partial charge in [-0.1, -0.05) is 18.2 Å². The largest absolute Gasteiger partial charge is 0.466 e. The second kappa shape index (κ2) is 9.37. The maximum Gasteiger partial charge on any atom is 0.313 e. The van der Waals surface area contributed by atoms with Crippen LogP contribution in [0.25, 0.3) is 0 Å². The van der Waals surface area contributed by atoms with Crippen LogP contribution >= 0.6 is 0 Å². The Kier molecular flexibility index (Phi) is 6.81. The topological polar surface area (TPSA) is 42.0 Å². The fourth-order valence-electron chi connectivity index (χ4n) is 5.90. The molecule has 0 bridgehead atoms. The number of carbonyl (C=O) groups is 1. The predicted molar refractivity (Wildman–Crippen MR) is 118 cm³/mol. The number of fused-ring (bicyclic) bond motifs is 1. The number of rotatable bonds is 5. The van der Waals surface area contributed by atoms with Crippen molar-refractivity contribution in [2.45, 2.75) is 59.0 Å². The van der Waals surface area contributed by atoms with Crippen molar-refractivity contribution in [3.05, 3.63) is 34.9 Å². The summed E-state index contributed by atoms with van der Waals surface area (Å²) in [6, 6.07) is 7.34. The molecule has 3 aliphatic rings. The first-order valence-electron chi connectivity index (χ1n) is 11.8. The Morgan fingerprint density at radius 3 is 2.70 bits per heavy atom. The minimum Gasteiger partial charge on any atom is -0.466 e. The Labute approximate surface area is 181 Å². The van der Waals surface area contributed by atoms with Crippen LogP contribution in [0.5, 0.6) is 0 Å². The quantitative estimate of drug-likeness (QED) is 0.689. The number of hydrogen-bond donors (Lipinski definition) is 0. The van der Waals surface area contributed by atoms with Crippen molar-refractivity contribution in [2.75, 3.05) is 46.0 Å². The van der Waals surface area contributed by atoms with Crippen LogP contribution in [-0.2, 0) is 20.8 Å². The first kappa shape index (κ1) is 21.8. The number of aryl methyl sites for hydroxylation is 2. The summed E-state index contributed by atoms with van der Waals surface area (Å²) in [5.74, 6) is 0.467. The lowest BCUT2D eigenvalue weighted by atomic mass is 9.61. The van der Waals surface area contributed by atoms with Gasteiger partial charge in [0.25, 0.3) is 0 Å². The number of ether oxygens (including phenoxy) is 2. The summed E-state index contributed by atoms with van der Waals surface area (Å²) in [5, 5.41) is 0. The van der Waals surface area contributed by atoms with E-state index in [9.17, 15) is 4.79 Å². The molecule has 2 heterocycles. The molecule has 1 aromatic carbocycles. The smallest absolute Gasteiger partial charge is 0.313 e. The Hall–Kier alpha value is -1.43. The van der Waals surface area contributed by atoms with Gasteiger partial charge in [0.15, 0.2) is 0 Å². The van der Waals surface area contributed by atoms with Crippen LogP contribution in [0.4, 0.5) is 0 Å². The van der Waals surface area contributed by atoms with Crippen LogP contribution in [0.2, 0.25) is 0 Å². The first-order chi connectivity index (χ1) is 14.5. The SMILES string of the molecule is CCOC(=O)[C@@]12CC[C@@H](N3CCOCC3)C[C@H]1CCN(Cc1ccc(C)c(C)c1)C2. The molecule has 0 N–H and O–H groups in total. The fraction of sp³-hybridized carbons (Fsp3) is 0.720. The van der Waals surface area contributed by atoms with Crippen molar-refractivity contribution < 1.29 is 14.3 Å². The van der Waals surface area contributed by atoms with Crippen LogP contribution in [0, 0.1) is 25.2 Å². The lowest BCUT2D eigenvalue weighted by Crippen LogP contribution is -2.58.